The zero-order chi connectivity index (χ0) is 15.3. The van der Waals surface area contributed by atoms with Gasteiger partial charge in [-0.05, 0) is 44.4 Å². The molecule has 1 amide bonds. The Hall–Kier alpha value is -1.10. The summed E-state index contributed by atoms with van der Waals surface area (Å²) >= 11 is 0. The van der Waals surface area contributed by atoms with Gasteiger partial charge in [0, 0.05) is 5.69 Å². The van der Waals surface area contributed by atoms with Gasteiger partial charge < -0.3 is 15.8 Å². The maximum atomic E-state index is 12.4. The summed E-state index contributed by atoms with van der Waals surface area (Å²) in [6.45, 7) is 4.56. The topological polar surface area (TPSA) is 64.3 Å². The average molecular weight is 327 g/mol. The van der Waals surface area contributed by atoms with Crippen LogP contribution in [0.1, 0.15) is 51.5 Å². The lowest BCUT2D eigenvalue weighted by atomic mass is 9.82. The Kier molecular flexibility index (Phi) is 7.33. The monoisotopic (exact) mass is 326 g/mol. The third kappa shape index (κ3) is 5.27. The Labute approximate surface area is 139 Å². The number of carbonyl (C=O) groups excluding carboxylic acids is 1. The van der Waals surface area contributed by atoms with Crippen LogP contribution < -0.4 is 11.1 Å². The first-order chi connectivity index (χ1) is 9.99. The molecule has 1 aromatic rings. The Bertz CT molecular complexity index is 485. The van der Waals surface area contributed by atoms with E-state index < -0.39 is 5.54 Å². The molecule has 1 fully saturated rings. The van der Waals surface area contributed by atoms with Crippen molar-refractivity contribution in [1.29, 1.82) is 0 Å². The molecular weight excluding hydrogens is 300 g/mol. The summed E-state index contributed by atoms with van der Waals surface area (Å²) in [7, 11) is 0. The predicted octanol–water partition coefficient (Wildman–Crippen LogP) is 3.63. The molecule has 0 heterocycles. The number of nitrogens with one attached hydrogen (secondary N) is 1. The van der Waals surface area contributed by atoms with E-state index in [0.717, 1.165) is 36.9 Å². The minimum absolute atomic E-state index is 0. The SMILES string of the molecule is CC(C)OCc1cccc(NC(=O)C2(N)CCCCC2)c1.Cl. The van der Waals surface area contributed by atoms with Crippen LogP contribution >= 0.6 is 12.4 Å². The largest absolute Gasteiger partial charge is 0.374 e. The van der Waals surface area contributed by atoms with Crippen molar-refractivity contribution in [1.82, 2.24) is 0 Å². The number of rotatable bonds is 5. The standard InChI is InChI=1S/C17H26N2O2.ClH/c1-13(2)21-12-14-7-6-8-15(11-14)19-16(20)17(18)9-4-3-5-10-17;/h6-8,11,13H,3-5,9-10,12,18H2,1-2H3,(H,19,20);1H. The number of hydrogen-bond donors (Lipinski definition) is 2. The Balaban J connectivity index is 0.00000242. The number of hydrogen-bond acceptors (Lipinski definition) is 3. The van der Waals surface area contributed by atoms with E-state index in [1.54, 1.807) is 0 Å². The zero-order valence-electron chi connectivity index (χ0n) is 13.4. The van der Waals surface area contributed by atoms with E-state index in [-0.39, 0.29) is 24.4 Å². The summed E-state index contributed by atoms with van der Waals surface area (Å²) in [6, 6.07) is 7.77. The molecule has 0 aliphatic heterocycles. The molecule has 1 aliphatic rings. The van der Waals surface area contributed by atoms with Crippen molar-refractivity contribution < 1.29 is 9.53 Å². The zero-order valence-corrected chi connectivity index (χ0v) is 14.2. The number of benzene rings is 1. The van der Waals surface area contributed by atoms with Crippen LogP contribution in [0.2, 0.25) is 0 Å². The van der Waals surface area contributed by atoms with Gasteiger partial charge in [-0.3, -0.25) is 4.79 Å². The molecule has 5 heteroatoms. The summed E-state index contributed by atoms with van der Waals surface area (Å²) in [5, 5.41) is 2.96. The molecule has 0 aromatic heterocycles. The van der Waals surface area contributed by atoms with Gasteiger partial charge in [0.1, 0.15) is 0 Å². The van der Waals surface area contributed by atoms with Gasteiger partial charge in [-0.2, -0.15) is 0 Å². The van der Waals surface area contributed by atoms with E-state index in [9.17, 15) is 4.79 Å². The van der Waals surface area contributed by atoms with Crippen molar-refractivity contribution in [2.45, 2.75) is 64.2 Å². The molecule has 0 spiro atoms. The number of nitrogens with two attached hydrogens (primary N) is 1. The van der Waals surface area contributed by atoms with E-state index in [4.69, 9.17) is 10.5 Å². The van der Waals surface area contributed by atoms with Gasteiger partial charge in [0.25, 0.3) is 0 Å². The molecule has 0 radical (unpaired) electrons. The van der Waals surface area contributed by atoms with Crippen LogP contribution in [0.25, 0.3) is 0 Å². The summed E-state index contributed by atoms with van der Waals surface area (Å²) in [5.74, 6) is -0.0656. The van der Waals surface area contributed by atoms with Crippen LogP contribution in [0.5, 0.6) is 0 Å². The minimum atomic E-state index is -0.706. The summed E-state index contributed by atoms with van der Waals surface area (Å²) in [4.78, 5) is 12.4. The van der Waals surface area contributed by atoms with Crippen LogP contribution in [0.3, 0.4) is 0 Å². The number of carbonyl (C=O) groups is 1. The van der Waals surface area contributed by atoms with Crippen molar-refractivity contribution >= 4 is 24.0 Å². The maximum Gasteiger partial charge on any atom is 0.244 e. The third-order valence-corrected chi connectivity index (χ3v) is 3.97. The van der Waals surface area contributed by atoms with Gasteiger partial charge in [0.15, 0.2) is 0 Å². The summed E-state index contributed by atoms with van der Waals surface area (Å²) < 4.78 is 5.59. The molecule has 124 valence electrons. The van der Waals surface area contributed by atoms with Gasteiger partial charge >= 0.3 is 0 Å². The predicted molar refractivity (Wildman–Crippen MR) is 92.2 cm³/mol. The third-order valence-electron chi connectivity index (χ3n) is 3.97. The Morgan fingerprint density at radius 1 is 1.32 bits per heavy atom. The van der Waals surface area contributed by atoms with Crippen molar-refractivity contribution in [3.8, 4) is 0 Å². The molecule has 0 atom stereocenters. The van der Waals surface area contributed by atoms with E-state index in [2.05, 4.69) is 5.32 Å². The fourth-order valence-electron chi connectivity index (χ4n) is 2.67. The van der Waals surface area contributed by atoms with Gasteiger partial charge in [-0.25, -0.2) is 0 Å². The second-order valence-corrected chi connectivity index (χ2v) is 6.23. The highest BCUT2D eigenvalue weighted by Gasteiger charge is 2.35. The second kappa shape index (κ2) is 8.51. The number of anilines is 1. The normalized spacial score (nSPS) is 16.9. The smallest absolute Gasteiger partial charge is 0.244 e. The quantitative estimate of drug-likeness (QED) is 0.868. The van der Waals surface area contributed by atoms with Gasteiger partial charge in [-0.1, -0.05) is 31.4 Å². The lowest BCUT2D eigenvalue weighted by Gasteiger charge is -2.31. The molecule has 1 aliphatic carbocycles. The molecular formula is C17H27ClN2O2. The van der Waals surface area contributed by atoms with Crippen LogP contribution in [-0.2, 0) is 16.1 Å². The van der Waals surface area contributed by atoms with E-state index in [1.165, 1.54) is 6.42 Å². The average Bonchev–Trinajstić information content (AvgIpc) is 2.46. The van der Waals surface area contributed by atoms with Gasteiger partial charge in [0.2, 0.25) is 5.91 Å². The molecule has 1 saturated carbocycles. The first-order valence-corrected chi connectivity index (χ1v) is 7.80. The van der Waals surface area contributed by atoms with Crippen molar-refractivity contribution in [3.63, 3.8) is 0 Å². The highest BCUT2D eigenvalue weighted by atomic mass is 35.5. The molecule has 0 bridgehead atoms. The molecule has 0 unspecified atom stereocenters. The lowest BCUT2D eigenvalue weighted by molar-refractivity contribution is -0.122. The van der Waals surface area contributed by atoms with Crippen LogP contribution in [0, 0.1) is 0 Å². The number of ether oxygens (including phenoxy) is 1. The molecule has 0 saturated heterocycles. The summed E-state index contributed by atoms with van der Waals surface area (Å²) in [6.07, 6.45) is 4.98. The van der Waals surface area contributed by atoms with Gasteiger partial charge in [0.05, 0.1) is 18.2 Å². The molecule has 22 heavy (non-hydrogen) atoms. The van der Waals surface area contributed by atoms with E-state index in [1.807, 2.05) is 38.1 Å². The van der Waals surface area contributed by atoms with Gasteiger partial charge in [-0.15, -0.1) is 12.4 Å². The molecule has 2 rings (SSSR count). The van der Waals surface area contributed by atoms with E-state index >= 15 is 0 Å². The highest BCUT2D eigenvalue weighted by molar-refractivity contribution is 5.98. The molecule has 4 nitrogen and oxygen atoms in total. The first kappa shape index (κ1) is 18.9. The second-order valence-electron chi connectivity index (χ2n) is 6.23. The van der Waals surface area contributed by atoms with Crippen molar-refractivity contribution in [2.24, 2.45) is 5.73 Å². The number of amides is 1. The lowest BCUT2D eigenvalue weighted by Crippen LogP contribution is -2.52. The number of halogens is 1. The van der Waals surface area contributed by atoms with E-state index in [0.29, 0.717) is 6.61 Å². The van der Waals surface area contributed by atoms with Crippen LogP contribution in [0.15, 0.2) is 24.3 Å². The minimum Gasteiger partial charge on any atom is -0.374 e. The molecule has 3 N–H and O–H groups in total. The fourth-order valence-corrected chi connectivity index (χ4v) is 2.67. The van der Waals surface area contributed by atoms with Crippen LogP contribution in [0.4, 0.5) is 5.69 Å². The Morgan fingerprint density at radius 3 is 2.64 bits per heavy atom. The summed E-state index contributed by atoms with van der Waals surface area (Å²) in [5.41, 5.74) is 7.39. The van der Waals surface area contributed by atoms with Crippen LogP contribution in [-0.4, -0.2) is 17.6 Å². The molecule has 1 aromatic carbocycles. The Morgan fingerprint density at radius 2 is 2.00 bits per heavy atom. The maximum absolute atomic E-state index is 12.4. The fraction of sp³-hybridized carbons (Fsp3) is 0.588. The van der Waals surface area contributed by atoms with Crippen molar-refractivity contribution in [3.05, 3.63) is 29.8 Å². The highest BCUT2D eigenvalue weighted by Crippen LogP contribution is 2.27. The first-order valence-electron chi connectivity index (χ1n) is 7.80. The van der Waals surface area contributed by atoms with Crippen molar-refractivity contribution in [2.75, 3.05) is 5.32 Å².